The van der Waals surface area contributed by atoms with E-state index in [4.69, 9.17) is 22.6 Å². The highest BCUT2D eigenvalue weighted by molar-refractivity contribution is 6.27. The average molecular weight is 205 g/mol. The van der Waals surface area contributed by atoms with Crippen LogP contribution in [0.2, 0.25) is 0 Å². The second-order valence-electron chi connectivity index (χ2n) is 2.53. The van der Waals surface area contributed by atoms with E-state index < -0.39 is 31.7 Å². The lowest BCUT2D eigenvalue weighted by molar-refractivity contribution is -0.116. The van der Waals surface area contributed by atoms with Crippen molar-refractivity contribution in [1.82, 2.24) is 0 Å². The molecule has 13 heavy (non-hydrogen) atoms. The van der Waals surface area contributed by atoms with Gasteiger partial charge in [-0.05, 0) is 30.4 Å². The zero-order chi connectivity index (χ0) is 16.6. The van der Waals surface area contributed by atoms with E-state index in [9.17, 15) is 4.79 Å². The molecule has 1 aromatic rings. The summed E-state index contributed by atoms with van der Waals surface area (Å²) in [6, 6.07) is 3.69. The topological polar surface area (TPSA) is 17.1 Å². The zero-order valence-corrected chi connectivity index (χ0v) is 7.48. The Labute approximate surface area is 95.0 Å². The lowest BCUT2D eigenvalue weighted by atomic mass is 9.99. The van der Waals surface area contributed by atoms with Crippen LogP contribution in [0.1, 0.15) is 27.7 Å². The summed E-state index contributed by atoms with van der Waals surface area (Å²) in [6.45, 7) is -5.23. The number of aryl methyl sites for hydroxylation is 2. The van der Waals surface area contributed by atoms with Crippen molar-refractivity contribution >= 4 is 17.4 Å². The van der Waals surface area contributed by atoms with Gasteiger partial charge in [0.1, 0.15) is 0 Å². The van der Waals surface area contributed by atoms with Gasteiger partial charge in [0.25, 0.3) is 0 Å². The fraction of sp³-hybridized carbons (Fsp3) is 0.364. The molecule has 0 aliphatic rings. The Balaban J connectivity index is 3.48. The molecule has 0 amide bonds. The summed E-state index contributed by atoms with van der Waals surface area (Å²) in [5.74, 6) is -3.78. The molecule has 2 heteroatoms. The summed E-state index contributed by atoms with van der Waals surface area (Å²) in [6.07, 6.45) is -0.696. The van der Waals surface area contributed by atoms with Crippen molar-refractivity contribution in [3.63, 3.8) is 0 Å². The molecule has 0 bridgehead atoms. The van der Waals surface area contributed by atoms with Gasteiger partial charge in [0.2, 0.25) is 0 Å². The maximum atomic E-state index is 11.7. The normalized spacial score (nSPS) is 22.2. The number of Topliss-reactive ketones (excluding diaryl/α,β-unsaturated/α-hetero) is 1. The quantitative estimate of drug-likeness (QED) is 0.692. The molecule has 0 spiro atoms. The van der Waals surface area contributed by atoms with Crippen LogP contribution in [0.15, 0.2) is 18.2 Å². The first-order valence-corrected chi connectivity index (χ1v) is 3.97. The van der Waals surface area contributed by atoms with E-state index in [-0.39, 0.29) is 16.7 Å². The third kappa shape index (κ3) is 2.56. The van der Waals surface area contributed by atoms with Crippen LogP contribution in [-0.4, -0.2) is 11.6 Å². The summed E-state index contributed by atoms with van der Waals surface area (Å²) >= 11 is 5.27. The van der Waals surface area contributed by atoms with E-state index in [2.05, 4.69) is 0 Å². The number of carbonyl (C=O) groups is 1. The first kappa shape index (κ1) is 3.74. The van der Waals surface area contributed by atoms with Crippen LogP contribution in [0.4, 0.5) is 0 Å². The van der Waals surface area contributed by atoms with Gasteiger partial charge in [-0.15, -0.1) is 11.6 Å². The van der Waals surface area contributed by atoms with E-state index in [1.165, 1.54) is 18.2 Å². The summed E-state index contributed by atoms with van der Waals surface area (Å²) in [7, 11) is 0. The second-order valence-corrected chi connectivity index (χ2v) is 2.72. The van der Waals surface area contributed by atoms with Crippen LogP contribution in [0.25, 0.3) is 0 Å². The highest BCUT2D eigenvalue weighted by Gasteiger charge is 2.06. The monoisotopic (exact) mass is 204 g/mol. The Bertz CT molecular complexity index is 508. The van der Waals surface area contributed by atoms with Crippen molar-refractivity contribution in [3.05, 3.63) is 34.9 Å². The van der Waals surface area contributed by atoms with Crippen molar-refractivity contribution in [2.75, 3.05) is 5.83 Å². The molecule has 0 saturated heterocycles. The molecule has 0 atom stereocenters. The van der Waals surface area contributed by atoms with Crippen molar-refractivity contribution in [2.45, 2.75) is 20.1 Å². The van der Waals surface area contributed by atoms with Crippen LogP contribution in [-0.2, 0) is 11.2 Å². The standard InChI is InChI=1S/C11H13ClO/c1-8-4-3-5-9(2)11(8)6-10(13)7-12/h3-5H,6-7H2,1-2H3/i1D3,2D3,7D2. The van der Waals surface area contributed by atoms with E-state index >= 15 is 0 Å². The second kappa shape index (κ2) is 4.43. The summed E-state index contributed by atoms with van der Waals surface area (Å²) < 4.78 is 58.8. The van der Waals surface area contributed by atoms with Crippen LogP contribution in [0, 0.1) is 13.7 Å². The Morgan fingerprint density at radius 3 is 2.62 bits per heavy atom. The Morgan fingerprint density at radius 1 is 1.54 bits per heavy atom. The SMILES string of the molecule is [2H]C([2H])(Cl)C(=O)Cc1c(C([2H])([2H])[2H])cccc1C([2H])([2H])[2H]. The van der Waals surface area contributed by atoms with Gasteiger partial charge in [-0.3, -0.25) is 4.79 Å². The zero-order valence-electron chi connectivity index (χ0n) is 14.7. The Morgan fingerprint density at radius 2 is 2.15 bits per heavy atom. The van der Waals surface area contributed by atoms with Crippen molar-refractivity contribution in [3.8, 4) is 0 Å². The number of halogens is 1. The van der Waals surface area contributed by atoms with Gasteiger partial charge in [0.15, 0.2) is 5.78 Å². The molecule has 0 N–H and O–H groups in total. The maximum absolute atomic E-state index is 11.7. The van der Waals surface area contributed by atoms with E-state index in [1.807, 2.05) is 0 Å². The molecule has 0 unspecified atom stereocenters. The van der Waals surface area contributed by atoms with Gasteiger partial charge in [-0.1, -0.05) is 18.2 Å². The van der Waals surface area contributed by atoms with Crippen LogP contribution in [0.5, 0.6) is 0 Å². The molecule has 0 heterocycles. The first-order valence-electron chi connectivity index (χ1n) is 7.59. The maximum Gasteiger partial charge on any atom is 0.151 e. The predicted molar refractivity (Wildman–Crippen MR) is 55.3 cm³/mol. The van der Waals surface area contributed by atoms with Gasteiger partial charge < -0.3 is 0 Å². The molecule has 70 valence electrons. The number of ketones is 1. The Kier molecular flexibility index (Phi) is 1.27. The third-order valence-electron chi connectivity index (χ3n) is 1.62. The van der Waals surface area contributed by atoms with Gasteiger partial charge in [-0.25, -0.2) is 0 Å². The minimum absolute atomic E-state index is 0.216. The van der Waals surface area contributed by atoms with E-state index in [1.54, 1.807) is 0 Å². The largest absolute Gasteiger partial charge is 0.298 e. The summed E-state index contributed by atoms with van der Waals surface area (Å²) in [5, 5.41) is 0. The number of rotatable bonds is 3. The molecule has 0 saturated carbocycles. The summed E-state index contributed by atoms with van der Waals surface area (Å²) in [5.41, 5.74) is -0.789. The number of hydrogen-bond donors (Lipinski definition) is 0. The smallest absolute Gasteiger partial charge is 0.151 e. The predicted octanol–water partition coefficient (Wildman–Crippen LogP) is 2.65. The highest BCUT2D eigenvalue weighted by Crippen LogP contribution is 2.14. The molecular formula is C11H13ClO. The molecule has 1 rings (SSSR count). The third-order valence-corrected chi connectivity index (χ3v) is 1.83. The molecule has 1 nitrogen and oxygen atoms in total. The number of carbonyl (C=O) groups excluding carboxylic acids is 1. The van der Waals surface area contributed by atoms with Crippen molar-refractivity contribution in [2.24, 2.45) is 0 Å². The van der Waals surface area contributed by atoms with Gasteiger partial charge in [0.05, 0.1) is 8.57 Å². The minimum atomic E-state index is -2.69. The first-order chi connectivity index (χ1) is 9.24. The number of alkyl halides is 1. The molecule has 0 fully saturated rings. The van der Waals surface area contributed by atoms with E-state index in [0.717, 1.165) is 0 Å². The summed E-state index contributed by atoms with van der Waals surface area (Å²) in [4.78, 5) is 11.7. The van der Waals surface area contributed by atoms with Gasteiger partial charge >= 0.3 is 0 Å². The number of hydrogen-bond acceptors (Lipinski definition) is 1. The van der Waals surface area contributed by atoms with Crippen LogP contribution in [0.3, 0.4) is 0 Å². The van der Waals surface area contributed by atoms with E-state index in [0.29, 0.717) is 0 Å². The molecule has 0 aliphatic carbocycles. The molecule has 1 aromatic carbocycles. The lowest BCUT2D eigenvalue weighted by Crippen LogP contribution is -2.06. The Hall–Kier alpha value is -0.820. The van der Waals surface area contributed by atoms with Crippen molar-refractivity contribution in [1.29, 1.82) is 0 Å². The van der Waals surface area contributed by atoms with Crippen molar-refractivity contribution < 1.29 is 15.8 Å². The molecule has 0 radical (unpaired) electrons. The molecule has 0 aliphatic heterocycles. The lowest BCUT2D eigenvalue weighted by Gasteiger charge is -2.07. The molecular weight excluding hydrogens is 184 g/mol. The minimum Gasteiger partial charge on any atom is -0.298 e. The van der Waals surface area contributed by atoms with Crippen LogP contribution >= 0.6 is 11.6 Å². The van der Waals surface area contributed by atoms with Gasteiger partial charge in [-0.2, -0.15) is 0 Å². The highest BCUT2D eigenvalue weighted by atomic mass is 35.5. The van der Waals surface area contributed by atoms with Crippen LogP contribution < -0.4 is 0 Å². The fourth-order valence-corrected chi connectivity index (χ4v) is 1.04. The van der Waals surface area contributed by atoms with Gasteiger partial charge in [0, 0.05) is 14.6 Å². The average Bonchev–Trinajstić information content (AvgIpc) is 2.24. The number of benzene rings is 1. The molecule has 0 aromatic heterocycles. The fourth-order valence-electron chi connectivity index (χ4n) is 0.971.